The van der Waals surface area contributed by atoms with Gasteiger partial charge in [0.1, 0.15) is 17.3 Å². The number of alkyl halides is 2. The second-order valence-corrected chi connectivity index (χ2v) is 9.60. The van der Waals surface area contributed by atoms with Gasteiger partial charge in [0.25, 0.3) is 0 Å². The zero-order valence-corrected chi connectivity index (χ0v) is 20.5. The van der Waals surface area contributed by atoms with Crippen molar-refractivity contribution in [2.45, 2.75) is 51.4 Å². The molecule has 4 amide bonds. The second-order valence-electron chi connectivity index (χ2n) is 9.60. The zero-order valence-electron chi connectivity index (χ0n) is 20.5. The third kappa shape index (κ3) is 5.44. The van der Waals surface area contributed by atoms with Gasteiger partial charge in [0, 0.05) is 45.7 Å². The summed E-state index contributed by atoms with van der Waals surface area (Å²) < 4.78 is 33.0. The number of amides is 4. The Labute approximate surface area is 207 Å². The van der Waals surface area contributed by atoms with Gasteiger partial charge in [-0.2, -0.15) is 0 Å². The maximum Gasteiger partial charge on any atom is 0.329 e. The van der Waals surface area contributed by atoms with E-state index in [0.29, 0.717) is 29.3 Å². The van der Waals surface area contributed by atoms with Crippen molar-refractivity contribution in [2.24, 2.45) is 5.41 Å². The highest BCUT2D eigenvalue weighted by molar-refractivity contribution is 6.04. The molecule has 1 aliphatic heterocycles. The number of imide groups is 1. The van der Waals surface area contributed by atoms with Crippen LogP contribution in [0.3, 0.4) is 0 Å². The van der Waals surface area contributed by atoms with Gasteiger partial charge >= 0.3 is 6.03 Å². The highest BCUT2D eigenvalue weighted by atomic mass is 19.3. The van der Waals surface area contributed by atoms with Crippen LogP contribution in [0.1, 0.15) is 43.5 Å². The Hall–Kier alpha value is -3.63. The first-order valence-electron chi connectivity index (χ1n) is 11.8. The van der Waals surface area contributed by atoms with Crippen LogP contribution < -0.4 is 10.1 Å². The summed E-state index contributed by atoms with van der Waals surface area (Å²) in [5, 5.41) is 2.62. The first-order chi connectivity index (χ1) is 17.0. The molecule has 2 aliphatic rings. The molecule has 192 valence electrons. The molecule has 2 aromatic heterocycles. The Kier molecular flexibility index (Phi) is 6.92. The van der Waals surface area contributed by atoms with Crippen molar-refractivity contribution in [1.82, 2.24) is 19.8 Å². The van der Waals surface area contributed by atoms with E-state index in [1.807, 2.05) is 0 Å². The zero-order chi connectivity index (χ0) is 26.1. The smallest absolute Gasteiger partial charge is 0.329 e. The number of nitrogens with one attached hydrogen (secondary N) is 1. The Morgan fingerprint density at radius 2 is 1.86 bits per heavy atom. The minimum absolute atomic E-state index is 0.0820. The van der Waals surface area contributed by atoms with Gasteiger partial charge in [-0.3, -0.25) is 24.8 Å². The van der Waals surface area contributed by atoms with Crippen LogP contribution in [0.4, 0.5) is 19.4 Å². The lowest BCUT2D eigenvalue weighted by molar-refractivity contribution is -0.140. The SMILES string of the molecule is Cc1nc(NC(=O)N2CCC3(CCC(F)(F)CC3)C2=O)ccc1Oc1ccnc(CC(=O)N(C)C)c1. The lowest BCUT2D eigenvalue weighted by atomic mass is 9.72. The molecule has 3 heterocycles. The molecule has 0 bridgehead atoms. The fraction of sp³-hybridized carbons (Fsp3) is 0.480. The van der Waals surface area contributed by atoms with Gasteiger partial charge in [-0.1, -0.05) is 0 Å². The van der Waals surface area contributed by atoms with Crippen LogP contribution in [0.25, 0.3) is 0 Å². The number of urea groups is 1. The monoisotopic (exact) mass is 501 g/mol. The largest absolute Gasteiger partial charge is 0.455 e. The summed E-state index contributed by atoms with van der Waals surface area (Å²) in [4.78, 5) is 48.8. The van der Waals surface area contributed by atoms with E-state index < -0.39 is 23.3 Å². The molecule has 36 heavy (non-hydrogen) atoms. The van der Waals surface area contributed by atoms with Gasteiger partial charge < -0.3 is 9.64 Å². The predicted molar refractivity (Wildman–Crippen MR) is 127 cm³/mol. The van der Waals surface area contributed by atoms with Crippen LogP contribution in [0.5, 0.6) is 11.5 Å². The summed E-state index contributed by atoms with van der Waals surface area (Å²) in [6.45, 7) is 1.90. The number of likely N-dealkylation sites (N-methyl/N-ethyl adjacent to an activating group) is 1. The summed E-state index contributed by atoms with van der Waals surface area (Å²) in [6.07, 6.45) is 1.60. The van der Waals surface area contributed by atoms with Crippen LogP contribution in [-0.4, -0.2) is 64.2 Å². The van der Waals surface area contributed by atoms with Crippen LogP contribution in [-0.2, 0) is 16.0 Å². The van der Waals surface area contributed by atoms with E-state index in [0.717, 1.165) is 4.90 Å². The molecule has 9 nitrogen and oxygen atoms in total. The Balaban J connectivity index is 1.38. The van der Waals surface area contributed by atoms with Crippen molar-refractivity contribution in [3.63, 3.8) is 0 Å². The number of aromatic nitrogens is 2. The lowest BCUT2D eigenvalue weighted by Crippen LogP contribution is -2.43. The van der Waals surface area contributed by atoms with Gasteiger partial charge in [-0.05, 0) is 44.4 Å². The second kappa shape index (κ2) is 9.79. The van der Waals surface area contributed by atoms with E-state index in [1.165, 1.54) is 4.90 Å². The molecule has 1 N–H and O–H groups in total. The van der Waals surface area contributed by atoms with Gasteiger partial charge in [0.15, 0.2) is 0 Å². The number of likely N-dealkylation sites (tertiary alicyclic amines) is 1. The summed E-state index contributed by atoms with van der Waals surface area (Å²) in [7, 11) is 3.35. The van der Waals surface area contributed by atoms with Crippen LogP contribution >= 0.6 is 0 Å². The van der Waals surface area contributed by atoms with Gasteiger partial charge in [-0.25, -0.2) is 18.6 Å². The highest BCUT2D eigenvalue weighted by Gasteiger charge is 2.53. The molecule has 1 saturated heterocycles. The number of hydrogen-bond donors (Lipinski definition) is 1. The normalized spacial score (nSPS) is 18.2. The number of anilines is 1. The first kappa shape index (κ1) is 25.5. The molecule has 0 radical (unpaired) electrons. The average molecular weight is 502 g/mol. The topological polar surface area (TPSA) is 105 Å². The summed E-state index contributed by atoms with van der Waals surface area (Å²) in [6, 6.07) is 5.90. The van der Waals surface area contributed by atoms with E-state index in [-0.39, 0.29) is 50.4 Å². The molecule has 1 aliphatic carbocycles. The van der Waals surface area contributed by atoms with Crippen molar-refractivity contribution in [3.05, 3.63) is 41.9 Å². The average Bonchev–Trinajstić information content (AvgIpc) is 3.14. The third-order valence-electron chi connectivity index (χ3n) is 6.82. The van der Waals surface area contributed by atoms with Gasteiger partial charge in [-0.15, -0.1) is 0 Å². The lowest BCUT2D eigenvalue weighted by Gasteiger charge is -2.35. The molecule has 1 saturated carbocycles. The number of carbonyl (C=O) groups is 3. The van der Waals surface area contributed by atoms with E-state index in [1.54, 1.807) is 51.5 Å². The van der Waals surface area contributed by atoms with Crippen molar-refractivity contribution >= 4 is 23.7 Å². The first-order valence-corrected chi connectivity index (χ1v) is 11.8. The maximum absolute atomic E-state index is 13.6. The minimum atomic E-state index is -2.74. The van der Waals surface area contributed by atoms with Crippen molar-refractivity contribution in [3.8, 4) is 11.5 Å². The fourth-order valence-corrected chi connectivity index (χ4v) is 4.53. The highest BCUT2D eigenvalue weighted by Crippen LogP contribution is 2.49. The van der Waals surface area contributed by atoms with Gasteiger partial charge in [0.05, 0.1) is 23.2 Å². The quantitative estimate of drug-likeness (QED) is 0.660. The molecule has 2 aromatic rings. The van der Waals surface area contributed by atoms with Crippen molar-refractivity contribution < 1.29 is 27.9 Å². The van der Waals surface area contributed by atoms with E-state index in [4.69, 9.17) is 4.74 Å². The summed E-state index contributed by atoms with van der Waals surface area (Å²) in [5.41, 5.74) is 0.186. The summed E-state index contributed by atoms with van der Waals surface area (Å²) >= 11 is 0. The number of ether oxygens (including phenoxy) is 1. The molecular weight excluding hydrogens is 472 g/mol. The molecule has 1 spiro atoms. The van der Waals surface area contributed by atoms with Gasteiger partial charge in [0.2, 0.25) is 17.7 Å². The van der Waals surface area contributed by atoms with E-state index in [2.05, 4.69) is 15.3 Å². The number of halogens is 2. The molecular formula is C25H29F2N5O4. The van der Waals surface area contributed by atoms with Crippen LogP contribution in [0.15, 0.2) is 30.5 Å². The number of rotatable bonds is 5. The van der Waals surface area contributed by atoms with E-state index in [9.17, 15) is 23.2 Å². The molecule has 0 atom stereocenters. The van der Waals surface area contributed by atoms with E-state index >= 15 is 0 Å². The molecule has 4 rings (SSSR count). The molecule has 2 fully saturated rings. The number of hydrogen-bond acceptors (Lipinski definition) is 6. The Morgan fingerprint density at radius 3 is 2.53 bits per heavy atom. The number of carbonyl (C=O) groups excluding carboxylic acids is 3. The standard InChI is InChI=1S/C25H29F2N5O4/c1-16-19(36-18-6-12-28-17(14-18)15-21(33)31(2)3)4-5-20(29-16)30-23(35)32-13-11-24(22(32)34)7-9-25(26,27)10-8-24/h4-6,12,14H,7-11,13,15H2,1-3H3,(H,29,30,35). The summed E-state index contributed by atoms with van der Waals surface area (Å²) in [5.74, 6) is -2.05. The van der Waals surface area contributed by atoms with Crippen LogP contribution in [0.2, 0.25) is 0 Å². The Morgan fingerprint density at radius 1 is 1.14 bits per heavy atom. The fourth-order valence-electron chi connectivity index (χ4n) is 4.53. The molecule has 0 aromatic carbocycles. The predicted octanol–water partition coefficient (Wildman–Crippen LogP) is 4.17. The molecule has 11 heteroatoms. The van der Waals surface area contributed by atoms with Crippen molar-refractivity contribution in [2.75, 3.05) is 26.0 Å². The van der Waals surface area contributed by atoms with Crippen molar-refractivity contribution in [1.29, 1.82) is 0 Å². The Bertz CT molecular complexity index is 1180. The number of aryl methyl sites for hydroxylation is 1. The van der Waals surface area contributed by atoms with Crippen LogP contribution in [0, 0.1) is 12.3 Å². The number of nitrogens with zero attached hydrogens (tertiary/aromatic N) is 4. The maximum atomic E-state index is 13.6. The third-order valence-corrected chi connectivity index (χ3v) is 6.82. The number of pyridine rings is 2. The minimum Gasteiger partial charge on any atom is -0.455 e. The molecule has 0 unspecified atom stereocenters.